The summed E-state index contributed by atoms with van der Waals surface area (Å²) in [5.74, 6) is 2.36. The number of hydrogen-bond donors (Lipinski definition) is 0. The molecule has 0 saturated carbocycles. The second-order valence-corrected chi connectivity index (χ2v) is 7.10. The van der Waals surface area contributed by atoms with Gasteiger partial charge in [-0.05, 0) is 57.0 Å². The zero-order valence-electron chi connectivity index (χ0n) is 16.9. The highest BCUT2D eigenvalue weighted by atomic mass is 16.5. The van der Waals surface area contributed by atoms with Crippen LogP contribution in [0.1, 0.15) is 48.8 Å². The van der Waals surface area contributed by atoms with Crippen LogP contribution in [0.25, 0.3) is 5.65 Å². The summed E-state index contributed by atoms with van der Waals surface area (Å²) < 4.78 is 13.3. The summed E-state index contributed by atoms with van der Waals surface area (Å²) in [4.78, 5) is 15.1. The maximum absolute atomic E-state index is 13.2. The van der Waals surface area contributed by atoms with Crippen molar-refractivity contribution in [1.29, 1.82) is 0 Å². The third-order valence-corrected chi connectivity index (χ3v) is 5.20. The molecule has 0 aliphatic carbocycles. The molecule has 4 rings (SSSR count). The number of ether oxygens (including phenoxy) is 2. The average Bonchev–Trinajstić information content (AvgIpc) is 3.19. The fourth-order valence-corrected chi connectivity index (χ4v) is 3.88. The van der Waals surface area contributed by atoms with Crippen molar-refractivity contribution in [2.75, 3.05) is 26.3 Å². The van der Waals surface area contributed by atoms with E-state index >= 15 is 0 Å². The molecule has 0 radical (unpaired) electrons. The number of piperidine rings is 1. The van der Waals surface area contributed by atoms with Gasteiger partial charge in [0.25, 0.3) is 5.91 Å². The van der Waals surface area contributed by atoms with E-state index in [0.717, 1.165) is 30.9 Å². The highest BCUT2D eigenvalue weighted by Crippen LogP contribution is 2.31. The van der Waals surface area contributed by atoms with Gasteiger partial charge in [-0.2, -0.15) is 0 Å². The minimum atomic E-state index is 0.00697. The molecule has 1 amide bonds. The molecule has 0 N–H and O–H groups in total. The van der Waals surface area contributed by atoms with Crippen molar-refractivity contribution in [1.82, 2.24) is 19.5 Å². The van der Waals surface area contributed by atoms with E-state index in [2.05, 4.69) is 10.2 Å². The SMILES string of the molecule is CCOc1ccc(C(=O)N2CCCC(c3nnc4ccccn34)C2)cc1OCC. The van der Waals surface area contributed by atoms with E-state index < -0.39 is 0 Å². The van der Waals surface area contributed by atoms with Crippen molar-refractivity contribution in [2.45, 2.75) is 32.6 Å². The predicted octanol–water partition coefficient (Wildman–Crippen LogP) is 3.55. The Morgan fingerprint density at radius 2 is 1.93 bits per heavy atom. The minimum Gasteiger partial charge on any atom is -0.490 e. The smallest absolute Gasteiger partial charge is 0.254 e. The van der Waals surface area contributed by atoms with Gasteiger partial charge in [0, 0.05) is 30.8 Å². The number of benzene rings is 1. The molecular formula is C22H26N4O3. The summed E-state index contributed by atoms with van der Waals surface area (Å²) >= 11 is 0. The van der Waals surface area contributed by atoms with Crippen molar-refractivity contribution in [3.05, 3.63) is 54.0 Å². The third kappa shape index (κ3) is 3.90. The van der Waals surface area contributed by atoms with E-state index in [1.807, 2.05) is 59.7 Å². The second kappa shape index (κ2) is 8.51. The number of hydrogen-bond acceptors (Lipinski definition) is 5. The first kappa shape index (κ1) is 19.2. The number of aromatic nitrogens is 3. The molecule has 29 heavy (non-hydrogen) atoms. The van der Waals surface area contributed by atoms with Crippen LogP contribution in [0.3, 0.4) is 0 Å². The van der Waals surface area contributed by atoms with Gasteiger partial charge in [-0.3, -0.25) is 9.20 Å². The van der Waals surface area contributed by atoms with Gasteiger partial charge in [0.05, 0.1) is 13.2 Å². The quantitative estimate of drug-likeness (QED) is 0.640. The molecule has 7 nitrogen and oxygen atoms in total. The standard InChI is InChI=1S/C22H26N4O3/c1-3-28-18-11-10-16(14-19(18)29-4-2)22(27)25-12-7-8-17(15-25)21-24-23-20-9-5-6-13-26(20)21/h5-6,9-11,13-14,17H,3-4,7-8,12,15H2,1-2H3. The monoisotopic (exact) mass is 394 g/mol. The van der Waals surface area contributed by atoms with Crippen molar-refractivity contribution < 1.29 is 14.3 Å². The van der Waals surface area contributed by atoms with E-state index in [0.29, 0.717) is 36.8 Å². The zero-order chi connectivity index (χ0) is 20.2. The molecule has 3 aromatic rings. The maximum Gasteiger partial charge on any atom is 0.254 e. The normalized spacial score (nSPS) is 16.8. The summed E-state index contributed by atoms with van der Waals surface area (Å²) in [6, 6.07) is 11.3. The molecule has 7 heteroatoms. The molecule has 3 heterocycles. The number of carbonyl (C=O) groups excluding carboxylic acids is 1. The van der Waals surface area contributed by atoms with Crippen LogP contribution in [0.15, 0.2) is 42.6 Å². The van der Waals surface area contributed by atoms with Crippen molar-refractivity contribution >= 4 is 11.6 Å². The molecular weight excluding hydrogens is 368 g/mol. The van der Waals surface area contributed by atoms with Crippen LogP contribution >= 0.6 is 0 Å². The molecule has 1 atom stereocenters. The first-order chi connectivity index (χ1) is 14.2. The average molecular weight is 394 g/mol. The van der Waals surface area contributed by atoms with E-state index in [-0.39, 0.29) is 11.8 Å². The first-order valence-corrected chi connectivity index (χ1v) is 10.2. The molecule has 152 valence electrons. The Labute approximate surface area is 170 Å². The Balaban J connectivity index is 1.55. The van der Waals surface area contributed by atoms with Crippen LogP contribution in [0, 0.1) is 0 Å². The number of carbonyl (C=O) groups is 1. The van der Waals surface area contributed by atoms with Crippen molar-refractivity contribution in [3.8, 4) is 11.5 Å². The number of fused-ring (bicyclic) bond motifs is 1. The lowest BCUT2D eigenvalue weighted by atomic mass is 9.96. The lowest BCUT2D eigenvalue weighted by molar-refractivity contribution is 0.0703. The van der Waals surface area contributed by atoms with Crippen LogP contribution in [-0.4, -0.2) is 51.7 Å². The highest BCUT2D eigenvalue weighted by Gasteiger charge is 2.28. The van der Waals surface area contributed by atoms with Crippen LogP contribution < -0.4 is 9.47 Å². The maximum atomic E-state index is 13.2. The molecule has 0 bridgehead atoms. The topological polar surface area (TPSA) is 69.0 Å². The van der Waals surface area contributed by atoms with Crippen LogP contribution in [0.4, 0.5) is 0 Å². The largest absolute Gasteiger partial charge is 0.490 e. The first-order valence-electron chi connectivity index (χ1n) is 10.2. The Bertz CT molecular complexity index is 1000. The second-order valence-electron chi connectivity index (χ2n) is 7.10. The molecule has 2 aromatic heterocycles. The van der Waals surface area contributed by atoms with Crippen LogP contribution in [-0.2, 0) is 0 Å². The molecule has 1 unspecified atom stereocenters. The number of amides is 1. The van der Waals surface area contributed by atoms with Gasteiger partial charge in [-0.1, -0.05) is 6.07 Å². The molecule has 1 saturated heterocycles. The van der Waals surface area contributed by atoms with Crippen molar-refractivity contribution in [2.24, 2.45) is 0 Å². The van der Waals surface area contributed by atoms with Crippen molar-refractivity contribution in [3.63, 3.8) is 0 Å². The number of likely N-dealkylation sites (tertiary alicyclic amines) is 1. The van der Waals surface area contributed by atoms with Gasteiger partial charge < -0.3 is 14.4 Å². The van der Waals surface area contributed by atoms with Gasteiger partial charge in [0.1, 0.15) is 5.82 Å². The Morgan fingerprint density at radius 3 is 2.76 bits per heavy atom. The van der Waals surface area contributed by atoms with E-state index in [4.69, 9.17) is 9.47 Å². The minimum absolute atomic E-state index is 0.00697. The molecule has 1 aliphatic heterocycles. The van der Waals surface area contributed by atoms with Gasteiger partial charge in [0.2, 0.25) is 0 Å². The van der Waals surface area contributed by atoms with Gasteiger partial charge in [-0.25, -0.2) is 0 Å². The fraction of sp³-hybridized carbons (Fsp3) is 0.409. The van der Waals surface area contributed by atoms with E-state index in [9.17, 15) is 4.79 Å². The van der Waals surface area contributed by atoms with Crippen LogP contribution in [0.5, 0.6) is 11.5 Å². The highest BCUT2D eigenvalue weighted by molar-refractivity contribution is 5.95. The molecule has 1 fully saturated rings. The van der Waals surface area contributed by atoms with E-state index in [1.165, 1.54) is 0 Å². The number of pyridine rings is 1. The summed E-state index contributed by atoms with van der Waals surface area (Å²) in [7, 11) is 0. The zero-order valence-corrected chi connectivity index (χ0v) is 16.9. The lowest BCUT2D eigenvalue weighted by Crippen LogP contribution is -2.39. The Morgan fingerprint density at radius 1 is 1.10 bits per heavy atom. The van der Waals surface area contributed by atoms with Gasteiger partial charge in [0.15, 0.2) is 17.1 Å². The Hall–Kier alpha value is -3.09. The summed E-state index contributed by atoms with van der Waals surface area (Å²) in [5, 5.41) is 8.65. The predicted molar refractivity (Wildman–Crippen MR) is 110 cm³/mol. The Kier molecular flexibility index (Phi) is 5.64. The summed E-state index contributed by atoms with van der Waals surface area (Å²) in [6.07, 6.45) is 3.91. The molecule has 1 aromatic carbocycles. The molecule has 0 spiro atoms. The number of nitrogens with zero attached hydrogens (tertiary/aromatic N) is 4. The third-order valence-electron chi connectivity index (χ3n) is 5.20. The number of rotatable bonds is 6. The lowest BCUT2D eigenvalue weighted by Gasteiger charge is -2.32. The van der Waals surface area contributed by atoms with E-state index in [1.54, 1.807) is 6.07 Å². The summed E-state index contributed by atoms with van der Waals surface area (Å²) in [5.41, 5.74) is 1.45. The summed E-state index contributed by atoms with van der Waals surface area (Å²) in [6.45, 7) is 6.28. The van der Waals surface area contributed by atoms with Gasteiger partial charge in [-0.15, -0.1) is 10.2 Å². The van der Waals surface area contributed by atoms with Crippen LogP contribution in [0.2, 0.25) is 0 Å². The molecule has 1 aliphatic rings. The fourth-order valence-electron chi connectivity index (χ4n) is 3.88. The van der Waals surface area contributed by atoms with Gasteiger partial charge >= 0.3 is 0 Å².